The first-order valence-electron chi connectivity index (χ1n) is 5.89. The van der Waals surface area contributed by atoms with Crippen molar-refractivity contribution in [3.05, 3.63) is 41.0 Å². The minimum absolute atomic E-state index is 0.484. The van der Waals surface area contributed by atoms with Gasteiger partial charge >= 0.3 is 0 Å². The monoisotopic (exact) mass is 265 g/mol. The molecule has 0 spiro atoms. The Hall–Kier alpha value is -1.68. The van der Waals surface area contributed by atoms with Gasteiger partial charge in [-0.25, -0.2) is 4.68 Å². The minimum atomic E-state index is 0.484. The van der Waals surface area contributed by atoms with E-state index in [9.17, 15) is 0 Å². The van der Waals surface area contributed by atoms with Crippen molar-refractivity contribution in [2.45, 2.75) is 19.9 Å². The Morgan fingerprint density at radius 1 is 1.33 bits per heavy atom. The number of anilines is 1. The molecule has 1 aromatic heterocycles. The number of hydrogen-bond acceptors (Lipinski definition) is 3. The fraction of sp³-hybridized carbons (Fsp3) is 0.308. The van der Waals surface area contributed by atoms with Gasteiger partial charge in [-0.2, -0.15) is 5.10 Å². The van der Waals surface area contributed by atoms with Gasteiger partial charge in [0.25, 0.3) is 0 Å². The average Bonchev–Trinajstić information content (AvgIpc) is 2.70. The van der Waals surface area contributed by atoms with E-state index in [0.717, 1.165) is 24.3 Å². The van der Waals surface area contributed by atoms with Crippen molar-refractivity contribution in [2.75, 3.05) is 12.3 Å². The molecule has 96 valence electrons. The summed E-state index contributed by atoms with van der Waals surface area (Å²) in [5.74, 6) is 1.37. The SMILES string of the molecule is CCCOc1ccc(Cn2ncc(Cl)c2N)cc1. The van der Waals surface area contributed by atoms with Crippen LogP contribution in [0.1, 0.15) is 18.9 Å². The topological polar surface area (TPSA) is 53.1 Å². The molecule has 2 aromatic rings. The number of aromatic nitrogens is 2. The number of nitrogens with zero attached hydrogens (tertiary/aromatic N) is 2. The Kier molecular flexibility index (Phi) is 4.10. The highest BCUT2D eigenvalue weighted by Gasteiger charge is 2.05. The molecule has 5 heteroatoms. The van der Waals surface area contributed by atoms with Crippen molar-refractivity contribution in [1.29, 1.82) is 0 Å². The molecule has 0 unspecified atom stereocenters. The van der Waals surface area contributed by atoms with Crippen LogP contribution >= 0.6 is 11.6 Å². The van der Waals surface area contributed by atoms with Crippen LogP contribution in [0.5, 0.6) is 5.75 Å². The van der Waals surface area contributed by atoms with E-state index in [4.69, 9.17) is 22.1 Å². The zero-order chi connectivity index (χ0) is 13.0. The van der Waals surface area contributed by atoms with Gasteiger partial charge < -0.3 is 10.5 Å². The standard InChI is InChI=1S/C13H16ClN3O/c1-2-7-18-11-5-3-10(4-6-11)9-17-13(15)12(14)8-16-17/h3-6,8H,2,7,9,15H2,1H3. The lowest BCUT2D eigenvalue weighted by molar-refractivity contribution is 0.317. The van der Waals surface area contributed by atoms with Crippen molar-refractivity contribution >= 4 is 17.4 Å². The van der Waals surface area contributed by atoms with Crippen LogP contribution in [0.2, 0.25) is 5.02 Å². The Bertz CT molecular complexity index is 507. The lowest BCUT2D eigenvalue weighted by Gasteiger charge is -2.07. The molecule has 0 atom stereocenters. The Morgan fingerprint density at radius 2 is 2.06 bits per heavy atom. The van der Waals surface area contributed by atoms with E-state index in [1.807, 2.05) is 24.3 Å². The molecule has 1 heterocycles. The average molecular weight is 266 g/mol. The van der Waals surface area contributed by atoms with Gasteiger partial charge in [0, 0.05) is 0 Å². The maximum Gasteiger partial charge on any atom is 0.140 e. The van der Waals surface area contributed by atoms with Gasteiger partial charge in [-0.3, -0.25) is 0 Å². The second kappa shape index (κ2) is 5.78. The molecule has 18 heavy (non-hydrogen) atoms. The van der Waals surface area contributed by atoms with Crippen LogP contribution in [0.3, 0.4) is 0 Å². The summed E-state index contributed by atoms with van der Waals surface area (Å²) in [6.45, 7) is 3.42. The summed E-state index contributed by atoms with van der Waals surface area (Å²) in [6, 6.07) is 7.90. The smallest absolute Gasteiger partial charge is 0.140 e. The van der Waals surface area contributed by atoms with Crippen molar-refractivity contribution in [3.8, 4) is 5.75 Å². The zero-order valence-corrected chi connectivity index (χ0v) is 11.0. The first-order chi connectivity index (χ1) is 8.70. The highest BCUT2D eigenvalue weighted by molar-refractivity contribution is 6.32. The summed E-state index contributed by atoms with van der Waals surface area (Å²) in [6.07, 6.45) is 2.56. The van der Waals surface area contributed by atoms with E-state index in [-0.39, 0.29) is 0 Å². The number of rotatable bonds is 5. The highest BCUT2D eigenvalue weighted by atomic mass is 35.5. The molecule has 2 rings (SSSR count). The number of nitrogen functional groups attached to an aromatic ring is 1. The molecule has 0 aliphatic heterocycles. The number of hydrogen-bond donors (Lipinski definition) is 1. The van der Waals surface area contributed by atoms with Gasteiger partial charge in [0.1, 0.15) is 16.6 Å². The third-order valence-electron chi connectivity index (χ3n) is 2.56. The van der Waals surface area contributed by atoms with Crippen LogP contribution in [0.15, 0.2) is 30.5 Å². The van der Waals surface area contributed by atoms with E-state index in [2.05, 4.69) is 12.0 Å². The normalized spacial score (nSPS) is 10.6. The van der Waals surface area contributed by atoms with Crippen molar-refractivity contribution in [3.63, 3.8) is 0 Å². The molecule has 0 fully saturated rings. The quantitative estimate of drug-likeness (QED) is 0.904. The first-order valence-corrected chi connectivity index (χ1v) is 6.27. The van der Waals surface area contributed by atoms with E-state index >= 15 is 0 Å². The van der Waals surface area contributed by atoms with Crippen LogP contribution in [0.4, 0.5) is 5.82 Å². The molecule has 0 amide bonds. The second-order valence-corrected chi connectivity index (χ2v) is 4.44. The molecule has 0 saturated carbocycles. The molecule has 2 N–H and O–H groups in total. The van der Waals surface area contributed by atoms with Crippen LogP contribution in [-0.4, -0.2) is 16.4 Å². The fourth-order valence-corrected chi connectivity index (χ4v) is 1.72. The lowest BCUT2D eigenvalue weighted by atomic mass is 10.2. The van der Waals surface area contributed by atoms with Crippen LogP contribution < -0.4 is 10.5 Å². The molecule has 0 saturated heterocycles. The maximum absolute atomic E-state index is 5.85. The molecule has 0 bridgehead atoms. The van der Waals surface area contributed by atoms with Crippen LogP contribution in [0, 0.1) is 0 Å². The number of halogens is 1. The molecule has 1 aromatic carbocycles. The van der Waals surface area contributed by atoms with Gasteiger partial charge in [0.2, 0.25) is 0 Å². The van der Waals surface area contributed by atoms with Crippen molar-refractivity contribution in [1.82, 2.24) is 9.78 Å². The van der Waals surface area contributed by atoms with Gasteiger partial charge in [-0.1, -0.05) is 30.7 Å². The van der Waals surface area contributed by atoms with E-state index in [0.29, 0.717) is 17.4 Å². The highest BCUT2D eigenvalue weighted by Crippen LogP contribution is 2.19. The minimum Gasteiger partial charge on any atom is -0.494 e. The van der Waals surface area contributed by atoms with Crippen molar-refractivity contribution < 1.29 is 4.74 Å². The maximum atomic E-state index is 5.85. The molecular weight excluding hydrogens is 250 g/mol. The Morgan fingerprint density at radius 3 is 2.61 bits per heavy atom. The largest absolute Gasteiger partial charge is 0.494 e. The molecule has 0 radical (unpaired) electrons. The van der Waals surface area contributed by atoms with E-state index < -0.39 is 0 Å². The van der Waals surface area contributed by atoms with Gasteiger partial charge in [-0.05, 0) is 24.1 Å². The van der Waals surface area contributed by atoms with Gasteiger partial charge in [0.15, 0.2) is 0 Å². The fourth-order valence-electron chi connectivity index (χ4n) is 1.58. The summed E-state index contributed by atoms with van der Waals surface area (Å²) < 4.78 is 7.19. The number of ether oxygens (including phenoxy) is 1. The second-order valence-electron chi connectivity index (χ2n) is 4.03. The molecule has 4 nitrogen and oxygen atoms in total. The van der Waals surface area contributed by atoms with Crippen molar-refractivity contribution in [2.24, 2.45) is 0 Å². The number of benzene rings is 1. The Balaban J connectivity index is 2.04. The van der Waals surface area contributed by atoms with Gasteiger partial charge in [-0.15, -0.1) is 0 Å². The van der Waals surface area contributed by atoms with Crippen LogP contribution in [-0.2, 0) is 6.54 Å². The molecule has 0 aliphatic rings. The summed E-state index contributed by atoms with van der Waals surface area (Å²) in [4.78, 5) is 0. The van der Waals surface area contributed by atoms with Gasteiger partial charge in [0.05, 0.1) is 19.3 Å². The summed E-state index contributed by atoms with van der Waals surface area (Å²) in [7, 11) is 0. The predicted octanol–water partition coefficient (Wildman–Crippen LogP) is 2.96. The summed E-state index contributed by atoms with van der Waals surface area (Å²) in [5, 5.41) is 4.60. The first kappa shape index (κ1) is 12.8. The zero-order valence-electron chi connectivity index (χ0n) is 10.3. The molecule has 0 aliphatic carbocycles. The third kappa shape index (κ3) is 2.96. The summed E-state index contributed by atoms with van der Waals surface area (Å²) >= 11 is 5.85. The van der Waals surface area contributed by atoms with E-state index in [1.54, 1.807) is 10.9 Å². The Labute approximate surface area is 111 Å². The molecular formula is C13H16ClN3O. The summed E-state index contributed by atoms with van der Waals surface area (Å²) in [5.41, 5.74) is 6.89. The predicted molar refractivity (Wildman–Crippen MR) is 73.0 cm³/mol. The van der Waals surface area contributed by atoms with E-state index in [1.165, 1.54) is 0 Å². The van der Waals surface area contributed by atoms with Crippen LogP contribution in [0.25, 0.3) is 0 Å². The number of nitrogens with two attached hydrogens (primary N) is 1. The third-order valence-corrected chi connectivity index (χ3v) is 2.85. The lowest BCUT2D eigenvalue weighted by Crippen LogP contribution is -2.05.